The number of fused-ring (bicyclic) bond motifs is 1. The van der Waals surface area contributed by atoms with Crippen LogP contribution in [0.5, 0.6) is 0 Å². The topological polar surface area (TPSA) is 44.9 Å². The highest BCUT2D eigenvalue weighted by Gasteiger charge is 2.07. The minimum Gasteiger partial charge on any atom is -0.351 e. The van der Waals surface area contributed by atoms with Crippen LogP contribution >= 0.6 is 0 Å². The van der Waals surface area contributed by atoms with Gasteiger partial charge in [0.25, 0.3) is 0 Å². The van der Waals surface area contributed by atoms with Gasteiger partial charge in [0.15, 0.2) is 5.96 Å². The Morgan fingerprint density at radius 3 is 2.90 bits per heavy atom. The molecule has 5 heteroatoms. The lowest BCUT2D eigenvalue weighted by Gasteiger charge is -2.21. The lowest BCUT2D eigenvalue weighted by Crippen LogP contribution is -2.39. The number of hydrogen-bond acceptors (Lipinski definition) is 2. The Balaban J connectivity index is 2.01. The minimum absolute atomic E-state index is 0.685. The van der Waals surface area contributed by atoms with E-state index >= 15 is 0 Å². The molecule has 0 saturated carbocycles. The van der Waals surface area contributed by atoms with Gasteiger partial charge in [-0.25, -0.2) is 4.98 Å². The smallest absolute Gasteiger partial charge is 0.193 e. The van der Waals surface area contributed by atoms with Crippen LogP contribution in [0.1, 0.15) is 31.2 Å². The summed E-state index contributed by atoms with van der Waals surface area (Å²) in [5, 5.41) is 3.37. The first kappa shape index (κ1) is 15.4. The summed E-state index contributed by atoms with van der Waals surface area (Å²) in [5.41, 5.74) is 3.20. The van der Waals surface area contributed by atoms with Gasteiger partial charge in [-0.3, -0.25) is 4.99 Å². The SMILES string of the molecule is CCCCN(C)C(=NC)NCc1cn2c(C)cccc2n1. The molecule has 21 heavy (non-hydrogen) atoms. The molecule has 1 N–H and O–H groups in total. The highest BCUT2D eigenvalue weighted by molar-refractivity contribution is 5.79. The van der Waals surface area contributed by atoms with E-state index in [0.29, 0.717) is 6.54 Å². The third-order valence-corrected chi connectivity index (χ3v) is 3.59. The highest BCUT2D eigenvalue weighted by Crippen LogP contribution is 2.08. The molecule has 0 spiro atoms. The molecule has 0 saturated heterocycles. The van der Waals surface area contributed by atoms with E-state index in [9.17, 15) is 0 Å². The number of imidazole rings is 1. The molecule has 0 aliphatic rings. The Hall–Kier alpha value is -2.04. The second kappa shape index (κ2) is 7.11. The molecule has 0 aromatic carbocycles. The second-order valence-electron chi connectivity index (χ2n) is 5.30. The van der Waals surface area contributed by atoms with Gasteiger partial charge in [-0.2, -0.15) is 0 Å². The number of guanidine groups is 1. The Labute approximate surface area is 126 Å². The van der Waals surface area contributed by atoms with E-state index in [1.807, 2.05) is 19.2 Å². The quantitative estimate of drug-likeness (QED) is 0.678. The molecule has 2 aromatic rings. The number of aryl methyl sites for hydroxylation is 1. The molecule has 0 aliphatic carbocycles. The van der Waals surface area contributed by atoms with E-state index in [-0.39, 0.29) is 0 Å². The maximum atomic E-state index is 4.63. The molecule has 114 valence electrons. The summed E-state index contributed by atoms with van der Waals surface area (Å²) in [6, 6.07) is 6.15. The molecule has 5 nitrogen and oxygen atoms in total. The largest absolute Gasteiger partial charge is 0.351 e. The molecule has 0 amide bonds. The predicted molar refractivity (Wildman–Crippen MR) is 87.7 cm³/mol. The average molecular weight is 287 g/mol. The first-order valence-electron chi connectivity index (χ1n) is 7.51. The lowest BCUT2D eigenvalue weighted by molar-refractivity contribution is 0.464. The zero-order valence-electron chi connectivity index (χ0n) is 13.4. The summed E-state index contributed by atoms with van der Waals surface area (Å²) in [6.07, 6.45) is 4.44. The van der Waals surface area contributed by atoms with Crippen molar-refractivity contribution in [2.75, 3.05) is 20.6 Å². The zero-order valence-corrected chi connectivity index (χ0v) is 13.4. The van der Waals surface area contributed by atoms with Gasteiger partial charge in [-0.15, -0.1) is 0 Å². The number of rotatable bonds is 5. The summed E-state index contributed by atoms with van der Waals surface area (Å²) < 4.78 is 2.11. The monoisotopic (exact) mass is 287 g/mol. The van der Waals surface area contributed by atoms with Crippen molar-refractivity contribution in [3.8, 4) is 0 Å². The van der Waals surface area contributed by atoms with Gasteiger partial charge in [0.1, 0.15) is 5.65 Å². The van der Waals surface area contributed by atoms with Crippen LogP contribution in [0.25, 0.3) is 5.65 Å². The first-order valence-corrected chi connectivity index (χ1v) is 7.51. The Kier molecular flexibility index (Phi) is 5.20. The van der Waals surface area contributed by atoms with E-state index in [0.717, 1.165) is 23.8 Å². The molecule has 0 radical (unpaired) electrons. The van der Waals surface area contributed by atoms with Crippen molar-refractivity contribution in [2.24, 2.45) is 4.99 Å². The number of aliphatic imine (C=N–C) groups is 1. The summed E-state index contributed by atoms with van der Waals surface area (Å²) in [7, 11) is 3.89. The standard InChI is InChI=1S/C16H25N5/c1-5-6-10-20(4)16(17-3)18-11-14-12-21-13(2)8-7-9-15(21)19-14/h7-9,12H,5-6,10-11H2,1-4H3,(H,17,18). The summed E-state index contributed by atoms with van der Waals surface area (Å²) >= 11 is 0. The fraction of sp³-hybridized carbons (Fsp3) is 0.500. The van der Waals surface area contributed by atoms with Crippen molar-refractivity contribution in [3.63, 3.8) is 0 Å². The van der Waals surface area contributed by atoms with Crippen molar-refractivity contribution in [2.45, 2.75) is 33.2 Å². The maximum absolute atomic E-state index is 4.63. The second-order valence-corrected chi connectivity index (χ2v) is 5.30. The van der Waals surface area contributed by atoms with E-state index in [1.54, 1.807) is 0 Å². The molecule has 0 bridgehead atoms. The van der Waals surface area contributed by atoms with Gasteiger partial charge in [-0.05, 0) is 25.5 Å². The molecule has 0 atom stereocenters. The number of nitrogens with zero attached hydrogens (tertiary/aromatic N) is 4. The molecule has 0 fully saturated rings. The fourth-order valence-corrected chi connectivity index (χ4v) is 2.34. The number of hydrogen-bond donors (Lipinski definition) is 1. The van der Waals surface area contributed by atoms with Crippen LogP contribution in [0.15, 0.2) is 29.4 Å². The van der Waals surface area contributed by atoms with E-state index in [1.165, 1.54) is 18.5 Å². The van der Waals surface area contributed by atoms with Crippen molar-refractivity contribution in [1.82, 2.24) is 19.6 Å². The highest BCUT2D eigenvalue weighted by atomic mass is 15.3. The molecule has 0 unspecified atom stereocenters. The van der Waals surface area contributed by atoms with Crippen molar-refractivity contribution < 1.29 is 0 Å². The number of aromatic nitrogens is 2. The van der Waals surface area contributed by atoms with Crippen molar-refractivity contribution in [1.29, 1.82) is 0 Å². The normalized spacial score (nSPS) is 11.9. The molecule has 2 heterocycles. The van der Waals surface area contributed by atoms with E-state index in [2.05, 4.69) is 57.8 Å². The van der Waals surface area contributed by atoms with Gasteiger partial charge >= 0.3 is 0 Å². The van der Waals surface area contributed by atoms with Gasteiger partial charge in [-0.1, -0.05) is 19.4 Å². The van der Waals surface area contributed by atoms with Crippen molar-refractivity contribution >= 4 is 11.6 Å². The lowest BCUT2D eigenvalue weighted by atomic mass is 10.3. The van der Waals surface area contributed by atoms with E-state index < -0.39 is 0 Å². The summed E-state index contributed by atoms with van der Waals surface area (Å²) in [6.45, 7) is 5.98. The van der Waals surface area contributed by atoms with Gasteiger partial charge < -0.3 is 14.6 Å². The number of nitrogens with one attached hydrogen (secondary N) is 1. The summed E-state index contributed by atoms with van der Waals surface area (Å²) in [5.74, 6) is 0.914. The molecular weight excluding hydrogens is 262 g/mol. The number of pyridine rings is 1. The maximum Gasteiger partial charge on any atom is 0.193 e. The predicted octanol–water partition coefficient (Wildman–Crippen LogP) is 2.45. The molecule has 0 aliphatic heterocycles. The van der Waals surface area contributed by atoms with Gasteiger partial charge in [0, 0.05) is 32.5 Å². The van der Waals surface area contributed by atoms with Crippen LogP contribution in [0.3, 0.4) is 0 Å². The van der Waals surface area contributed by atoms with Crippen molar-refractivity contribution in [3.05, 3.63) is 35.8 Å². The Bertz CT molecular complexity index is 614. The number of unbranched alkanes of at least 4 members (excludes halogenated alkanes) is 1. The fourth-order valence-electron chi connectivity index (χ4n) is 2.34. The van der Waals surface area contributed by atoms with Crippen LogP contribution < -0.4 is 5.32 Å². The van der Waals surface area contributed by atoms with Crippen LogP contribution in [-0.4, -0.2) is 40.9 Å². The molecule has 2 rings (SSSR count). The summed E-state index contributed by atoms with van der Waals surface area (Å²) in [4.78, 5) is 11.1. The van der Waals surface area contributed by atoms with Crippen LogP contribution in [0, 0.1) is 6.92 Å². The Morgan fingerprint density at radius 1 is 1.43 bits per heavy atom. The molecular formula is C16H25N5. The van der Waals surface area contributed by atoms with E-state index in [4.69, 9.17) is 0 Å². The molecule has 2 aromatic heterocycles. The van der Waals surface area contributed by atoms with Crippen LogP contribution in [-0.2, 0) is 6.54 Å². The zero-order chi connectivity index (χ0) is 15.2. The Morgan fingerprint density at radius 2 is 2.24 bits per heavy atom. The van der Waals surface area contributed by atoms with Gasteiger partial charge in [0.2, 0.25) is 0 Å². The third kappa shape index (κ3) is 3.74. The minimum atomic E-state index is 0.685. The third-order valence-electron chi connectivity index (χ3n) is 3.59. The van der Waals surface area contributed by atoms with Crippen LogP contribution in [0.2, 0.25) is 0 Å². The first-order chi connectivity index (χ1) is 10.2. The van der Waals surface area contributed by atoms with Crippen LogP contribution in [0.4, 0.5) is 0 Å². The van der Waals surface area contributed by atoms with Gasteiger partial charge in [0.05, 0.1) is 12.2 Å². The average Bonchev–Trinajstić information content (AvgIpc) is 2.90.